The molecule has 0 aliphatic heterocycles. The number of fused-ring (bicyclic) bond motifs is 2. The summed E-state index contributed by atoms with van der Waals surface area (Å²) < 4.78 is 2.82. The van der Waals surface area contributed by atoms with Gasteiger partial charge >= 0.3 is 5.69 Å². The van der Waals surface area contributed by atoms with Gasteiger partial charge < -0.3 is 0 Å². The van der Waals surface area contributed by atoms with E-state index < -0.39 is 11.8 Å². The number of aryl methyl sites for hydroxylation is 1. The molecule has 2 heterocycles. The fourth-order valence-electron chi connectivity index (χ4n) is 3.08. The maximum Gasteiger partial charge on any atom is 0.329 e. The molecule has 2 aromatic carbocycles. The Morgan fingerprint density at radius 1 is 0.929 bits per heavy atom. The number of rotatable bonds is 3. The van der Waals surface area contributed by atoms with Crippen molar-refractivity contribution in [1.29, 1.82) is 0 Å². The molecule has 0 bridgehead atoms. The third-order valence-corrected chi connectivity index (χ3v) is 4.50. The predicted molar refractivity (Wildman–Crippen MR) is 105 cm³/mol. The van der Waals surface area contributed by atoms with Crippen molar-refractivity contribution < 1.29 is 9.59 Å². The highest BCUT2D eigenvalue weighted by atomic mass is 16.2. The number of hydrogen-bond donors (Lipinski definition) is 2. The Balaban J connectivity index is 1.46. The summed E-state index contributed by atoms with van der Waals surface area (Å²) in [6, 6.07) is 18.0. The van der Waals surface area contributed by atoms with Crippen LogP contribution in [0.2, 0.25) is 0 Å². The normalized spacial score (nSPS) is 10.9. The van der Waals surface area contributed by atoms with Crippen molar-refractivity contribution in [2.24, 2.45) is 7.05 Å². The highest BCUT2D eigenvalue weighted by Gasteiger charge is 2.14. The Morgan fingerprint density at radius 3 is 2.46 bits per heavy atom. The molecule has 28 heavy (non-hydrogen) atoms. The Bertz CT molecular complexity index is 1270. The molecule has 4 aromatic rings. The summed E-state index contributed by atoms with van der Waals surface area (Å²) in [4.78, 5) is 41.1. The van der Waals surface area contributed by atoms with E-state index in [-0.39, 0.29) is 17.9 Å². The first-order valence-electron chi connectivity index (χ1n) is 8.64. The number of aromatic nitrogens is 3. The molecule has 0 fully saturated rings. The molecule has 2 aromatic heterocycles. The lowest BCUT2D eigenvalue weighted by molar-refractivity contribution is -0.122. The van der Waals surface area contributed by atoms with Crippen LogP contribution in [0.5, 0.6) is 0 Å². The zero-order valence-electron chi connectivity index (χ0n) is 15.0. The first kappa shape index (κ1) is 17.5. The van der Waals surface area contributed by atoms with E-state index in [2.05, 4.69) is 15.8 Å². The van der Waals surface area contributed by atoms with Gasteiger partial charge in [-0.3, -0.25) is 29.6 Å². The number of hydrazine groups is 1. The second-order valence-corrected chi connectivity index (χ2v) is 6.31. The number of nitrogens with one attached hydrogen (secondary N) is 2. The molecule has 0 saturated carbocycles. The number of amides is 2. The average Bonchev–Trinajstić information content (AvgIpc) is 2.96. The van der Waals surface area contributed by atoms with Gasteiger partial charge in [-0.25, -0.2) is 9.78 Å². The van der Waals surface area contributed by atoms with Crippen LogP contribution in [0.25, 0.3) is 21.9 Å². The van der Waals surface area contributed by atoms with E-state index in [1.165, 1.54) is 9.13 Å². The van der Waals surface area contributed by atoms with Gasteiger partial charge in [0.1, 0.15) is 12.2 Å². The number of benzene rings is 2. The van der Waals surface area contributed by atoms with Crippen LogP contribution in [0.3, 0.4) is 0 Å². The second kappa shape index (κ2) is 6.99. The summed E-state index contributed by atoms with van der Waals surface area (Å²) in [6.45, 7) is -0.217. The molecule has 2 N–H and O–H groups in total. The van der Waals surface area contributed by atoms with Gasteiger partial charge in [0.05, 0.1) is 16.6 Å². The van der Waals surface area contributed by atoms with Gasteiger partial charge in [-0.05, 0) is 24.3 Å². The second-order valence-electron chi connectivity index (χ2n) is 6.31. The molecule has 140 valence electrons. The molecule has 0 atom stereocenters. The summed E-state index contributed by atoms with van der Waals surface area (Å²) in [5.41, 5.74) is 6.60. The van der Waals surface area contributed by atoms with Crippen LogP contribution in [0.4, 0.5) is 0 Å². The Kier molecular flexibility index (Phi) is 4.36. The molecule has 0 aliphatic rings. The first-order chi connectivity index (χ1) is 13.5. The minimum Gasteiger partial charge on any atom is -0.295 e. The lowest BCUT2D eigenvalue weighted by Crippen LogP contribution is -2.44. The largest absolute Gasteiger partial charge is 0.329 e. The Morgan fingerprint density at radius 2 is 1.64 bits per heavy atom. The fraction of sp³-hybridized carbons (Fsp3) is 0.100. The summed E-state index contributed by atoms with van der Waals surface area (Å²) in [7, 11) is 1.65. The van der Waals surface area contributed by atoms with Crippen molar-refractivity contribution in [2.75, 3.05) is 0 Å². The average molecular weight is 375 g/mol. The van der Waals surface area contributed by atoms with Crippen molar-refractivity contribution >= 4 is 33.8 Å². The molecule has 0 aliphatic carbocycles. The predicted octanol–water partition coefficient (Wildman–Crippen LogP) is 1.35. The van der Waals surface area contributed by atoms with Crippen LogP contribution in [0.1, 0.15) is 10.5 Å². The fourth-order valence-corrected chi connectivity index (χ4v) is 3.08. The van der Waals surface area contributed by atoms with Crippen LogP contribution in [0, 0.1) is 0 Å². The van der Waals surface area contributed by atoms with Crippen molar-refractivity contribution in [2.45, 2.75) is 6.54 Å². The topological polar surface area (TPSA) is 98.0 Å². The standard InChI is InChI=1S/C20H17N5O3/c1-24-16-8-4-5-9-17(16)25(20(24)28)12-18(26)22-23-19(27)15-11-10-13-6-2-3-7-14(13)21-15/h2-11H,12H2,1H3,(H,22,26)(H,23,27). The molecule has 4 rings (SSSR count). The highest BCUT2D eigenvalue weighted by molar-refractivity contribution is 5.96. The van der Waals surface area contributed by atoms with Crippen LogP contribution in [-0.2, 0) is 18.4 Å². The van der Waals surface area contributed by atoms with Crippen molar-refractivity contribution in [1.82, 2.24) is 25.0 Å². The number of imidazole rings is 1. The highest BCUT2D eigenvalue weighted by Crippen LogP contribution is 2.12. The van der Waals surface area contributed by atoms with Crippen molar-refractivity contribution in [3.8, 4) is 0 Å². The number of nitrogens with zero attached hydrogens (tertiary/aromatic N) is 3. The van der Waals surface area contributed by atoms with Gasteiger partial charge in [0.25, 0.3) is 11.8 Å². The zero-order valence-corrected chi connectivity index (χ0v) is 15.0. The van der Waals surface area contributed by atoms with E-state index in [1.54, 1.807) is 43.4 Å². The van der Waals surface area contributed by atoms with Crippen LogP contribution >= 0.6 is 0 Å². The third-order valence-electron chi connectivity index (χ3n) is 4.50. The van der Waals surface area contributed by atoms with Gasteiger partial charge in [0.15, 0.2) is 0 Å². The van der Waals surface area contributed by atoms with Gasteiger partial charge in [-0.1, -0.05) is 36.4 Å². The molecule has 2 amide bonds. The first-order valence-corrected chi connectivity index (χ1v) is 8.64. The van der Waals surface area contributed by atoms with Gasteiger partial charge in [0, 0.05) is 12.4 Å². The lowest BCUT2D eigenvalue weighted by atomic mass is 10.2. The SMILES string of the molecule is Cn1c(=O)n(CC(=O)NNC(=O)c2ccc3ccccc3n2)c2ccccc21. The van der Waals surface area contributed by atoms with E-state index in [0.29, 0.717) is 11.0 Å². The number of para-hydroxylation sites is 3. The van der Waals surface area contributed by atoms with Gasteiger partial charge in [0.2, 0.25) is 0 Å². The third kappa shape index (κ3) is 3.11. The number of carbonyl (C=O) groups is 2. The summed E-state index contributed by atoms with van der Waals surface area (Å²) in [5, 5.41) is 0.915. The van der Waals surface area contributed by atoms with Crippen LogP contribution < -0.4 is 16.5 Å². The quantitative estimate of drug-likeness (QED) is 0.528. The van der Waals surface area contributed by atoms with E-state index >= 15 is 0 Å². The lowest BCUT2D eigenvalue weighted by Gasteiger charge is -2.08. The number of pyridine rings is 1. The molecule has 0 saturated heterocycles. The Labute approximate surface area is 159 Å². The molecular formula is C20H17N5O3. The smallest absolute Gasteiger partial charge is 0.295 e. The molecule has 0 spiro atoms. The number of carbonyl (C=O) groups excluding carboxylic acids is 2. The minimum absolute atomic E-state index is 0.182. The summed E-state index contributed by atoms with van der Waals surface area (Å²) in [6.07, 6.45) is 0. The van der Waals surface area contributed by atoms with Crippen molar-refractivity contribution in [3.63, 3.8) is 0 Å². The van der Waals surface area contributed by atoms with Crippen LogP contribution in [0.15, 0.2) is 65.5 Å². The van der Waals surface area contributed by atoms with Crippen LogP contribution in [-0.4, -0.2) is 25.9 Å². The van der Waals surface area contributed by atoms with E-state index in [9.17, 15) is 14.4 Å². The van der Waals surface area contributed by atoms with Crippen molar-refractivity contribution in [3.05, 3.63) is 76.8 Å². The molecule has 8 nitrogen and oxygen atoms in total. The van der Waals surface area contributed by atoms with E-state index in [0.717, 1.165) is 10.9 Å². The summed E-state index contributed by atoms with van der Waals surface area (Å²) in [5.74, 6) is -1.06. The monoisotopic (exact) mass is 375 g/mol. The van der Waals surface area contributed by atoms with E-state index in [4.69, 9.17) is 0 Å². The molecular weight excluding hydrogens is 358 g/mol. The Hall–Kier alpha value is -3.94. The van der Waals surface area contributed by atoms with Gasteiger partial charge in [-0.15, -0.1) is 0 Å². The number of hydrogen-bond acceptors (Lipinski definition) is 4. The minimum atomic E-state index is -0.538. The molecule has 8 heteroatoms. The molecule has 0 radical (unpaired) electrons. The summed E-state index contributed by atoms with van der Waals surface area (Å²) >= 11 is 0. The van der Waals surface area contributed by atoms with Gasteiger partial charge in [-0.2, -0.15) is 0 Å². The maximum atomic E-state index is 12.4. The van der Waals surface area contributed by atoms with E-state index in [1.807, 2.05) is 24.3 Å². The maximum absolute atomic E-state index is 12.4. The molecule has 0 unspecified atom stereocenters. The zero-order chi connectivity index (χ0) is 19.7.